The van der Waals surface area contributed by atoms with E-state index >= 15 is 0 Å². The minimum absolute atomic E-state index is 1.08. The van der Waals surface area contributed by atoms with Gasteiger partial charge in [-0.2, -0.15) is 0 Å². The normalized spacial score (nSPS) is 14.5. The van der Waals surface area contributed by atoms with E-state index in [0.717, 1.165) is 12.2 Å². The summed E-state index contributed by atoms with van der Waals surface area (Å²) >= 11 is 0. The quantitative estimate of drug-likeness (QED) is 0.684. The topological polar surface area (TPSA) is 13.1 Å². The largest absolute Gasteiger partial charge is 0.469 e. The number of furan rings is 1. The Morgan fingerprint density at radius 3 is 3.08 bits per heavy atom. The lowest BCUT2D eigenvalue weighted by atomic mass is 10.0. The standard InChI is InChI=1S/C12H16O/c1-3-4-5-10-6-7-11-8-13-9(2)12(10)11/h6,8H,3-5,7H2,1-2H3. The lowest BCUT2D eigenvalue weighted by Crippen LogP contribution is -1.83. The molecule has 0 saturated heterocycles. The highest BCUT2D eigenvalue weighted by Gasteiger charge is 2.18. The van der Waals surface area contributed by atoms with Crippen molar-refractivity contribution in [1.82, 2.24) is 0 Å². The molecule has 1 aromatic rings. The second-order valence-electron chi connectivity index (χ2n) is 3.73. The summed E-state index contributed by atoms with van der Waals surface area (Å²) in [5, 5.41) is 0. The molecule has 1 aromatic heterocycles. The molecule has 1 heteroatoms. The zero-order valence-corrected chi connectivity index (χ0v) is 8.39. The summed E-state index contributed by atoms with van der Waals surface area (Å²) in [6.45, 7) is 4.29. The molecule has 0 fully saturated rings. The van der Waals surface area contributed by atoms with Gasteiger partial charge < -0.3 is 4.42 Å². The average Bonchev–Trinajstić information content (AvgIpc) is 2.67. The van der Waals surface area contributed by atoms with Gasteiger partial charge in [0.2, 0.25) is 0 Å². The number of hydrogen-bond acceptors (Lipinski definition) is 1. The molecular weight excluding hydrogens is 160 g/mol. The fourth-order valence-corrected chi connectivity index (χ4v) is 2.02. The first-order valence-corrected chi connectivity index (χ1v) is 5.09. The molecule has 0 unspecified atom stereocenters. The van der Waals surface area contributed by atoms with Crippen molar-refractivity contribution in [2.75, 3.05) is 0 Å². The summed E-state index contributed by atoms with van der Waals surface area (Å²) in [6.07, 6.45) is 9.10. The first kappa shape index (κ1) is 8.61. The summed E-state index contributed by atoms with van der Waals surface area (Å²) in [5.74, 6) is 1.09. The summed E-state index contributed by atoms with van der Waals surface area (Å²) in [6, 6.07) is 0. The molecule has 1 nitrogen and oxygen atoms in total. The molecule has 0 spiro atoms. The van der Waals surface area contributed by atoms with Crippen molar-refractivity contribution in [3.8, 4) is 0 Å². The van der Waals surface area contributed by atoms with Crippen molar-refractivity contribution >= 4 is 5.57 Å². The van der Waals surface area contributed by atoms with Gasteiger partial charge in [0.05, 0.1) is 6.26 Å². The third-order valence-electron chi connectivity index (χ3n) is 2.74. The SMILES string of the molecule is CCCCC1=CCc2coc(C)c21. The Morgan fingerprint density at radius 1 is 1.46 bits per heavy atom. The van der Waals surface area contributed by atoms with E-state index in [1.54, 1.807) is 0 Å². The van der Waals surface area contributed by atoms with Crippen LogP contribution in [0.5, 0.6) is 0 Å². The molecule has 0 saturated carbocycles. The smallest absolute Gasteiger partial charge is 0.108 e. The molecule has 0 atom stereocenters. The predicted octanol–water partition coefficient (Wildman–Crippen LogP) is 3.72. The third-order valence-corrected chi connectivity index (χ3v) is 2.74. The van der Waals surface area contributed by atoms with E-state index in [2.05, 4.69) is 19.9 Å². The molecule has 0 N–H and O–H groups in total. The van der Waals surface area contributed by atoms with Gasteiger partial charge in [0.25, 0.3) is 0 Å². The second kappa shape index (κ2) is 3.41. The van der Waals surface area contributed by atoms with Crippen LogP contribution < -0.4 is 0 Å². The molecule has 1 heterocycles. The highest BCUT2D eigenvalue weighted by atomic mass is 16.3. The number of aryl methyl sites for hydroxylation is 1. The van der Waals surface area contributed by atoms with Crippen LogP contribution in [0.15, 0.2) is 16.8 Å². The molecule has 0 bridgehead atoms. The maximum atomic E-state index is 5.41. The van der Waals surface area contributed by atoms with Gasteiger partial charge in [0, 0.05) is 11.1 Å². The minimum atomic E-state index is 1.08. The summed E-state index contributed by atoms with van der Waals surface area (Å²) < 4.78 is 5.41. The first-order chi connectivity index (χ1) is 6.33. The van der Waals surface area contributed by atoms with Gasteiger partial charge in [-0.25, -0.2) is 0 Å². The van der Waals surface area contributed by atoms with E-state index in [1.165, 1.54) is 36.0 Å². The van der Waals surface area contributed by atoms with Crippen LogP contribution >= 0.6 is 0 Å². The van der Waals surface area contributed by atoms with Crippen molar-refractivity contribution in [3.05, 3.63) is 29.2 Å². The Kier molecular flexibility index (Phi) is 2.26. The fourth-order valence-electron chi connectivity index (χ4n) is 2.02. The van der Waals surface area contributed by atoms with Crippen LogP contribution in [0, 0.1) is 6.92 Å². The minimum Gasteiger partial charge on any atom is -0.469 e. The van der Waals surface area contributed by atoms with E-state index in [-0.39, 0.29) is 0 Å². The first-order valence-electron chi connectivity index (χ1n) is 5.09. The summed E-state index contributed by atoms with van der Waals surface area (Å²) in [5.41, 5.74) is 4.28. The van der Waals surface area contributed by atoms with Crippen LogP contribution in [-0.4, -0.2) is 0 Å². The maximum absolute atomic E-state index is 5.41. The van der Waals surface area contributed by atoms with E-state index in [9.17, 15) is 0 Å². The van der Waals surface area contributed by atoms with Crippen LogP contribution in [0.25, 0.3) is 5.57 Å². The molecule has 1 aliphatic rings. The lowest BCUT2D eigenvalue weighted by molar-refractivity contribution is 0.530. The van der Waals surface area contributed by atoms with E-state index < -0.39 is 0 Å². The molecule has 70 valence electrons. The number of allylic oxidation sites excluding steroid dienone is 2. The van der Waals surface area contributed by atoms with Gasteiger partial charge in [0.15, 0.2) is 0 Å². The van der Waals surface area contributed by atoms with Gasteiger partial charge in [-0.05, 0) is 31.8 Å². The number of unbranched alkanes of at least 4 members (excludes halogenated alkanes) is 1. The zero-order chi connectivity index (χ0) is 9.26. The molecule has 0 amide bonds. The average molecular weight is 176 g/mol. The van der Waals surface area contributed by atoms with Crippen molar-refractivity contribution in [2.24, 2.45) is 0 Å². The van der Waals surface area contributed by atoms with Crippen LogP contribution in [0.4, 0.5) is 0 Å². The van der Waals surface area contributed by atoms with Gasteiger partial charge in [-0.1, -0.05) is 19.4 Å². The Labute approximate surface area is 79.4 Å². The van der Waals surface area contributed by atoms with Gasteiger partial charge in [-0.3, -0.25) is 0 Å². The molecule has 1 aliphatic carbocycles. The summed E-state index contributed by atoms with van der Waals surface area (Å²) in [7, 11) is 0. The van der Waals surface area contributed by atoms with Crippen LogP contribution in [0.2, 0.25) is 0 Å². The molecule has 0 aromatic carbocycles. The van der Waals surface area contributed by atoms with Crippen molar-refractivity contribution in [3.63, 3.8) is 0 Å². The van der Waals surface area contributed by atoms with Gasteiger partial charge in [-0.15, -0.1) is 0 Å². The number of rotatable bonds is 3. The predicted molar refractivity (Wildman–Crippen MR) is 54.7 cm³/mol. The van der Waals surface area contributed by atoms with Crippen molar-refractivity contribution in [1.29, 1.82) is 0 Å². The summed E-state index contributed by atoms with van der Waals surface area (Å²) in [4.78, 5) is 0. The van der Waals surface area contributed by atoms with E-state index in [4.69, 9.17) is 4.42 Å². The lowest BCUT2D eigenvalue weighted by Gasteiger charge is -2.01. The Bertz CT molecular complexity index is 331. The Morgan fingerprint density at radius 2 is 2.31 bits per heavy atom. The zero-order valence-electron chi connectivity index (χ0n) is 8.39. The molecule has 13 heavy (non-hydrogen) atoms. The molecule has 0 aliphatic heterocycles. The molecular formula is C12H16O. The number of fused-ring (bicyclic) bond motifs is 1. The van der Waals surface area contributed by atoms with Crippen LogP contribution in [0.3, 0.4) is 0 Å². The van der Waals surface area contributed by atoms with Gasteiger partial charge in [0.1, 0.15) is 5.76 Å². The highest BCUT2D eigenvalue weighted by Crippen LogP contribution is 2.34. The molecule has 0 radical (unpaired) electrons. The van der Waals surface area contributed by atoms with E-state index in [1.807, 2.05) is 6.26 Å². The fraction of sp³-hybridized carbons (Fsp3) is 0.500. The van der Waals surface area contributed by atoms with E-state index in [0.29, 0.717) is 0 Å². The van der Waals surface area contributed by atoms with Crippen molar-refractivity contribution in [2.45, 2.75) is 39.5 Å². The monoisotopic (exact) mass is 176 g/mol. The second-order valence-corrected chi connectivity index (χ2v) is 3.73. The third kappa shape index (κ3) is 1.43. The highest BCUT2D eigenvalue weighted by molar-refractivity contribution is 5.74. The maximum Gasteiger partial charge on any atom is 0.108 e. The van der Waals surface area contributed by atoms with Gasteiger partial charge >= 0.3 is 0 Å². The Hall–Kier alpha value is -0.980. The van der Waals surface area contributed by atoms with Crippen LogP contribution in [-0.2, 0) is 6.42 Å². The van der Waals surface area contributed by atoms with Crippen LogP contribution in [0.1, 0.15) is 43.1 Å². The molecule has 2 rings (SSSR count). The Balaban J connectivity index is 2.19. The number of hydrogen-bond donors (Lipinski definition) is 0. The van der Waals surface area contributed by atoms with Crippen molar-refractivity contribution < 1.29 is 4.42 Å².